The molecule has 4 nitrogen and oxygen atoms in total. The van der Waals surface area contributed by atoms with Gasteiger partial charge in [-0.05, 0) is 93.9 Å². The Kier molecular flexibility index (Phi) is 7.81. The van der Waals surface area contributed by atoms with Crippen molar-refractivity contribution in [2.24, 2.45) is 0 Å². The van der Waals surface area contributed by atoms with E-state index in [2.05, 4.69) is 135 Å². The van der Waals surface area contributed by atoms with Gasteiger partial charge in [-0.15, -0.1) is 22.7 Å². The summed E-state index contributed by atoms with van der Waals surface area (Å²) in [5.41, 5.74) is 3.30. The lowest BCUT2D eigenvalue weighted by Gasteiger charge is -2.20. The number of thiophene rings is 2. The first kappa shape index (κ1) is 27.9. The summed E-state index contributed by atoms with van der Waals surface area (Å²) in [5, 5.41) is 21.0. The van der Waals surface area contributed by atoms with E-state index in [4.69, 9.17) is 0 Å². The maximum absolute atomic E-state index is 11.4. The van der Waals surface area contributed by atoms with Crippen LogP contribution >= 0.6 is 86.4 Å². The van der Waals surface area contributed by atoms with Crippen molar-refractivity contribution in [2.75, 3.05) is 0 Å². The lowest BCUT2D eigenvalue weighted by Crippen LogP contribution is -2.07. The zero-order valence-corrected chi connectivity index (χ0v) is 28.3. The van der Waals surface area contributed by atoms with Crippen molar-refractivity contribution in [3.05, 3.63) is 100.0 Å². The molecule has 1 aliphatic rings. The predicted molar refractivity (Wildman–Crippen MR) is 180 cm³/mol. The smallest absolute Gasteiger partial charge is 0.346 e. The highest BCUT2D eigenvalue weighted by Crippen LogP contribution is 2.53. The molecule has 5 aromatic rings. The Morgan fingerprint density at radius 3 is 2.05 bits per heavy atom. The molecule has 0 radical (unpaired) electrons. The van der Waals surface area contributed by atoms with Crippen molar-refractivity contribution in [3.8, 4) is 15.8 Å². The van der Waals surface area contributed by atoms with Crippen molar-refractivity contribution in [1.29, 1.82) is 5.26 Å². The quantitative estimate of drug-likeness (QED) is 0.142. The van der Waals surface area contributed by atoms with Crippen LogP contribution in [0.3, 0.4) is 0 Å². The van der Waals surface area contributed by atoms with Crippen molar-refractivity contribution < 1.29 is 9.90 Å². The lowest BCUT2D eigenvalue weighted by atomic mass is 10.0. The number of aromatic nitrogens is 1. The number of rotatable bonds is 5. The van der Waals surface area contributed by atoms with E-state index in [1.54, 1.807) is 17.4 Å². The minimum atomic E-state index is -1.25. The van der Waals surface area contributed by atoms with Crippen LogP contribution in [0, 0.1) is 11.3 Å². The summed E-state index contributed by atoms with van der Waals surface area (Å²) in [6, 6.07) is 19.1. The third kappa shape index (κ3) is 4.71. The number of benzene rings is 2. The first-order valence-electron chi connectivity index (χ1n) is 12.0. The number of halogens is 4. The van der Waals surface area contributed by atoms with Crippen molar-refractivity contribution in [1.82, 2.24) is 4.57 Å². The Morgan fingerprint density at radius 2 is 1.48 bits per heavy atom. The van der Waals surface area contributed by atoms with E-state index >= 15 is 0 Å². The number of carbonyl (C=O) groups is 1. The molecular formula is C30H16Br4N2O2S2. The molecule has 1 unspecified atom stereocenters. The van der Waals surface area contributed by atoms with E-state index in [9.17, 15) is 15.2 Å². The molecule has 3 aromatic heterocycles. The van der Waals surface area contributed by atoms with Crippen molar-refractivity contribution >= 4 is 126 Å². The van der Waals surface area contributed by atoms with E-state index in [1.807, 2.05) is 0 Å². The second kappa shape index (κ2) is 11.2. The summed E-state index contributed by atoms with van der Waals surface area (Å²) < 4.78 is 5.85. The molecule has 3 heterocycles. The van der Waals surface area contributed by atoms with Gasteiger partial charge in [-0.3, -0.25) is 0 Å². The minimum Gasteiger partial charge on any atom is -0.477 e. The molecule has 0 spiro atoms. The summed E-state index contributed by atoms with van der Waals surface area (Å²) in [4.78, 5) is 15.1. The maximum atomic E-state index is 11.4. The number of carboxylic acids is 1. The lowest BCUT2D eigenvalue weighted by molar-refractivity contribution is -0.132. The number of carboxylic acid groups (broad SMARTS) is 1. The number of para-hydroxylation sites is 2. The van der Waals surface area contributed by atoms with Gasteiger partial charge in [0, 0.05) is 31.6 Å². The first-order chi connectivity index (χ1) is 19.3. The second-order valence-electron chi connectivity index (χ2n) is 9.01. The van der Waals surface area contributed by atoms with Gasteiger partial charge in [-0.25, -0.2) is 4.79 Å². The molecule has 0 saturated heterocycles. The molecule has 1 N–H and O–H groups in total. The van der Waals surface area contributed by atoms with Gasteiger partial charge in [0.25, 0.3) is 0 Å². The van der Waals surface area contributed by atoms with Crippen molar-refractivity contribution in [3.63, 3.8) is 0 Å². The molecule has 1 aliphatic carbocycles. The van der Waals surface area contributed by atoms with Gasteiger partial charge >= 0.3 is 5.97 Å². The fraction of sp³-hybridized carbons (Fsp3) is 0.0667. The van der Waals surface area contributed by atoms with Crippen LogP contribution in [0.1, 0.15) is 22.2 Å². The van der Waals surface area contributed by atoms with Crippen LogP contribution in [0.25, 0.3) is 43.2 Å². The topological polar surface area (TPSA) is 66.0 Å². The first-order valence-corrected chi connectivity index (χ1v) is 16.8. The average molecular weight is 820 g/mol. The van der Waals surface area contributed by atoms with Crippen LogP contribution in [0.2, 0.25) is 0 Å². The highest BCUT2D eigenvalue weighted by molar-refractivity contribution is 9.13. The zero-order chi connectivity index (χ0) is 28.1. The van der Waals surface area contributed by atoms with Gasteiger partial charge in [-0.2, -0.15) is 5.26 Å². The Bertz CT molecular complexity index is 1930. The summed E-state index contributed by atoms with van der Waals surface area (Å²) in [6.45, 7) is 0. The Labute approximate surface area is 271 Å². The number of aliphatic carboxylic acids is 1. The standard InChI is InChI=1S/C30H16Br4N2O2S2/c31-23-22(13-16(14-35)30(37)38)39-28(24(23)32)29-26(34)25(33)27(40-29)15-9-11-17(12-10-15)36-20-7-3-1-5-18(20)19-6-2-4-8-21(19)36/h1-11,13,17H,12H2,(H,37,38)/b16-13-. The molecule has 40 heavy (non-hydrogen) atoms. The SMILES string of the molecule is N#C/C(=C/c1sc(-c2sc(C3=CCC(n4c5ccccc5c5ccccc54)C=C3)c(Br)c2Br)c(Br)c1Br)C(=O)O. The molecule has 2 aromatic carbocycles. The molecule has 0 saturated carbocycles. The summed E-state index contributed by atoms with van der Waals surface area (Å²) in [6.07, 6.45) is 9.03. The van der Waals surface area contributed by atoms with E-state index in [0.29, 0.717) is 9.35 Å². The molecule has 0 aliphatic heterocycles. The van der Waals surface area contributed by atoms with E-state index in [0.717, 1.165) is 40.0 Å². The summed E-state index contributed by atoms with van der Waals surface area (Å²) in [7, 11) is 0. The molecule has 0 amide bonds. The van der Waals surface area contributed by atoms with Gasteiger partial charge in [0.2, 0.25) is 0 Å². The number of nitriles is 1. The number of hydrogen-bond acceptors (Lipinski definition) is 4. The number of hydrogen-bond donors (Lipinski definition) is 1. The average Bonchev–Trinajstić information content (AvgIpc) is 3.56. The third-order valence-corrected chi connectivity index (χ3v) is 14.6. The normalized spacial score (nSPS) is 15.5. The van der Waals surface area contributed by atoms with Crippen LogP contribution in [-0.2, 0) is 4.79 Å². The van der Waals surface area contributed by atoms with Crippen LogP contribution in [0.5, 0.6) is 0 Å². The van der Waals surface area contributed by atoms with Gasteiger partial charge in [0.1, 0.15) is 11.6 Å². The van der Waals surface area contributed by atoms with Gasteiger partial charge < -0.3 is 9.67 Å². The molecule has 198 valence electrons. The van der Waals surface area contributed by atoms with Crippen LogP contribution in [0.15, 0.2) is 90.2 Å². The largest absolute Gasteiger partial charge is 0.477 e. The second-order valence-corrected chi connectivity index (χ2v) is 14.3. The molecular weight excluding hydrogens is 804 g/mol. The minimum absolute atomic E-state index is 0.204. The van der Waals surface area contributed by atoms with E-state index in [-0.39, 0.29) is 11.6 Å². The predicted octanol–water partition coefficient (Wildman–Crippen LogP) is 11.2. The highest BCUT2D eigenvalue weighted by Gasteiger charge is 2.25. The van der Waals surface area contributed by atoms with Crippen LogP contribution < -0.4 is 0 Å². The number of allylic oxidation sites excluding steroid dienone is 4. The number of fused-ring (bicyclic) bond motifs is 3. The molecule has 1 atom stereocenters. The monoisotopic (exact) mass is 816 g/mol. The number of nitrogens with zero attached hydrogens (tertiary/aromatic N) is 2. The fourth-order valence-corrected chi connectivity index (χ4v) is 10.5. The Balaban J connectivity index is 1.36. The fourth-order valence-electron chi connectivity index (χ4n) is 4.92. The molecule has 0 bridgehead atoms. The van der Waals surface area contributed by atoms with E-state index in [1.165, 1.54) is 39.2 Å². The van der Waals surface area contributed by atoms with Crippen molar-refractivity contribution in [2.45, 2.75) is 12.5 Å². The van der Waals surface area contributed by atoms with Gasteiger partial charge in [0.15, 0.2) is 0 Å². The van der Waals surface area contributed by atoms with E-state index < -0.39 is 5.97 Å². The van der Waals surface area contributed by atoms with Gasteiger partial charge in [0.05, 0.1) is 33.7 Å². The molecule has 6 rings (SSSR count). The maximum Gasteiger partial charge on any atom is 0.346 e. The van der Waals surface area contributed by atoms with Gasteiger partial charge in [-0.1, -0.05) is 54.6 Å². The Morgan fingerprint density at radius 1 is 0.900 bits per heavy atom. The highest BCUT2D eigenvalue weighted by atomic mass is 79.9. The van der Waals surface area contributed by atoms with Crippen LogP contribution in [0.4, 0.5) is 0 Å². The zero-order valence-electron chi connectivity index (χ0n) is 20.3. The summed E-state index contributed by atoms with van der Waals surface area (Å²) >= 11 is 17.9. The third-order valence-electron chi connectivity index (χ3n) is 6.74. The summed E-state index contributed by atoms with van der Waals surface area (Å²) in [5.74, 6) is -1.25. The molecule has 10 heteroatoms. The van der Waals surface area contributed by atoms with Crippen LogP contribution in [-0.4, -0.2) is 15.6 Å². The Hall–Kier alpha value is -2.26. The molecule has 0 fully saturated rings.